The Morgan fingerprint density at radius 2 is 0.883 bits per heavy atom. The molecule has 6 aromatic carbocycles. The number of carbonyl (C=O) groups is 5. The third kappa shape index (κ3) is 19.8. The maximum Gasteiger partial charge on any atom is 0.256 e. The maximum atomic E-state index is 13.3. The molecule has 0 radical (unpaired) electrons. The lowest BCUT2D eigenvalue weighted by atomic mass is 9.97. The Morgan fingerprint density at radius 3 is 1.37 bits per heavy atom. The summed E-state index contributed by atoms with van der Waals surface area (Å²) >= 11 is 0. The second-order valence-corrected chi connectivity index (χ2v) is 35.2. The number of nitrogens with two attached hydrogens (primary N) is 2. The maximum absolute atomic E-state index is 13.3. The number of carbonyl (C=O) groups excluding carboxylic acids is 5. The number of nitrogens with one attached hydrogen (secondary N) is 8. The number of rotatable bonds is 12. The second kappa shape index (κ2) is 40.3. The minimum Gasteiger partial charge on any atom is -0.348 e. The molecule has 9 aliphatic rings. The zero-order valence-corrected chi connectivity index (χ0v) is 72.7. The predicted molar refractivity (Wildman–Crippen MR) is 497 cm³/mol. The fourth-order valence-corrected chi connectivity index (χ4v) is 20.3. The van der Waals surface area contributed by atoms with Crippen molar-refractivity contribution in [3.05, 3.63) is 283 Å². The highest BCUT2D eigenvalue weighted by Gasteiger charge is 2.34. The van der Waals surface area contributed by atoms with Crippen molar-refractivity contribution in [2.24, 2.45) is 11.5 Å². The van der Waals surface area contributed by atoms with Crippen molar-refractivity contribution in [3.63, 3.8) is 0 Å². The summed E-state index contributed by atoms with van der Waals surface area (Å²) in [5, 5.41) is 15.4. The summed E-state index contributed by atoms with van der Waals surface area (Å²) in [6.45, 7) is 17.0. The van der Waals surface area contributed by atoms with Gasteiger partial charge in [-0.1, -0.05) is 110 Å². The molecule has 128 heavy (non-hydrogen) atoms. The summed E-state index contributed by atoms with van der Waals surface area (Å²) < 4.78 is 0. The van der Waals surface area contributed by atoms with Crippen LogP contribution in [0.4, 0.5) is 0 Å². The van der Waals surface area contributed by atoms with Crippen LogP contribution >= 0.6 is 0 Å². The van der Waals surface area contributed by atoms with Crippen LogP contribution < -0.4 is 49.9 Å². The van der Waals surface area contributed by atoms with Crippen LogP contribution in [0.25, 0.3) is 53.9 Å². The summed E-state index contributed by atoms with van der Waals surface area (Å²) in [6.07, 6.45) is 17.3. The van der Waals surface area contributed by atoms with Crippen LogP contribution in [0.15, 0.2) is 182 Å². The molecule has 29 heteroatoms. The molecule has 6 aromatic heterocycles. The summed E-state index contributed by atoms with van der Waals surface area (Å²) in [5.74, 6) is 0.312. The minimum absolute atomic E-state index is 0.00709. The average Bonchev–Trinajstić information content (AvgIpc) is 0.864. The van der Waals surface area contributed by atoms with Gasteiger partial charge in [0.25, 0.3) is 33.7 Å². The van der Waals surface area contributed by atoms with Gasteiger partial charge in [0.15, 0.2) is 0 Å². The van der Waals surface area contributed by atoms with Crippen molar-refractivity contribution >= 4 is 83.4 Å². The zero-order valence-electron chi connectivity index (χ0n) is 72.7. The standard InChI is InChI=1S/C29H34N4O2.C20H26N4O2.C18H19N5O2.C18H21N3O2.C14H15N3O2/c34-28-26-9-2-1-8-24(26)25-12-15-31(20-27(25)30-28)19-21-6-5-7-22(18-21)29(35)33-16-10-23(11-17-33)32-13-3-4-14-32;25-19(7-11-23-10-3-8-21-9-13-23)24-12-6-16-15-4-1-2-5-17(15)20(26)22-18(16)14-24;19-15(7-11-8-20-10-21-11)18(25)23-6-5-13-12-3-1-2-4-14(12)17(24)22-16(13)9-23;22-17-14-6-2-1-5-12(14)13-8-10-21(11-16(13)20-17)18(23)15-7-3-4-9-19-15;15-7-13(18)17-6-5-10-9-3-1-2-4-11(9)14(19)16-12(10)8-17/h1-2,5-9,18,23H,3-4,10-17,19-20H2,(H,30,34);1-2,4-5,21H,3,6-14H2,(H,22,26);1-4,8,10,15H,5-7,9,19H2,(H,20,21)(H,22,24);1-2,5-6,15,19H,3-4,7-11H2,(H,20,22);1-4H,5-8,15H2,(H,16,19)/t;;2*15-;/m..11./s1. The molecule has 12 N–H and O–H groups in total. The lowest BCUT2D eigenvalue weighted by molar-refractivity contribution is -0.135. The number of benzene rings is 6. The van der Waals surface area contributed by atoms with Crippen molar-refractivity contribution in [1.82, 2.24) is 84.7 Å². The van der Waals surface area contributed by atoms with E-state index in [4.69, 9.17) is 11.5 Å². The van der Waals surface area contributed by atoms with Crippen LogP contribution in [0.2, 0.25) is 0 Å². The highest BCUT2D eigenvalue weighted by Crippen LogP contribution is 2.32. The summed E-state index contributed by atoms with van der Waals surface area (Å²) in [6, 6.07) is 46.6. The molecule has 0 saturated carbocycles. The van der Waals surface area contributed by atoms with Gasteiger partial charge in [-0.3, -0.25) is 52.8 Å². The lowest BCUT2D eigenvalue weighted by Crippen LogP contribution is -2.50. The number of aromatic nitrogens is 7. The van der Waals surface area contributed by atoms with Gasteiger partial charge in [0.1, 0.15) is 0 Å². The summed E-state index contributed by atoms with van der Waals surface area (Å²) in [4.78, 5) is 163. The molecule has 0 spiro atoms. The van der Waals surface area contributed by atoms with Crippen LogP contribution in [0, 0.1) is 0 Å². The number of nitrogens with zero attached hydrogens (tertiary/aromatic N) is 9. The van der Waals surface area contributed by atoms with E-state index in [-0.39, 0.29) is 69.9 Å². The van der Waals surface area contributed by atoms with Gasteiger partial charge in [-0.2, -0.15) is 0 Å². The molecule has 15 heterocycles. The second-order valence-electron chi connectivity index (χ2n) is 35.2. The quantitative estimate of drug-likeness (QED) is 0.0565. The van der Waals surface area contributed by atoms with Gasteiger partial charge < -0.3 is 86.3 Å². The third-order valence-corrected chi connectivity index (χ3v) is 27.1. The third-order valence-electron chi connectivity index (χ3n) is 27.1. The molecule has 666 valence electrons. The van der Waals surface area contributed by atoms with E-state index in [0.29, 0.717) is 75.3 Å². The molecule has 21 rings (SSSR count). The van der Waals surface area contributed by atoms with E-state index < -0.39 is 6.04 Å². The number of imidazole rings is 1. The number of hydrogen-bond donors (Lipinski definition) is 10. The fraction of sp³-hybridized carbons (Fsp3) is 0.404. The molecule has 12 aromatic rings. The van der Waals surface area contributed by atoms with Crippen molar-refractivity contribution in [3.8, 4) is 0 Å². The first-order valence-corrected chi connectivity index (χ1v) is 45.7. The Hall–Kier alpha value is -12.4. The van der Waals surface area contributed by atoms with E-state index in [1.807, 2.05) is 142 Å². The Bertz CT molecular complexity index is 6390. The number of hydrogen-bond acceptors (Lipinski definition) is 18. The molecule has 4 fully saturated rings. The topological polar surface area (TPSA) is 380 Å². The molecule has 0 unspecified atom stereocenters. The number of aromatic amines is 6. The van der Waals surface area contributed by atoms with E-state index in [1.54, 1.807) is 22.3 Å². The molecule has 0 bridgehead atoms. The fourth-order valence-electron chi connectivity index (χ4n) is 20.3. The van der Waals surface area contributed by atoms with Crippen LogP contribution in [-0.2, 0) is 97.0 Å². The predicted octanol–water partition coefficient (Wildman–Crippen LogP) is 7.52. The largest absolute Gasteiger partial charge is 0.348 e. The Balaban J connectivity index is 0.000000114. The van der Waals surface area contributed by atoms with Crippen molar-refractivity contribution in [2.75, 3.05) is 105 Å². The van der Waals surface area contributed by atoms with Gasteiger partial charge in [0, 0.05) is 170 Å². The van der Waals surface area contributed by atoms with E-state index in [2.05, 4.69) is 78.4 Å². The molecular weight excluding hydrogens is 1620 g/mol. The van der Waals surface area contributed by atoms with Crippen molar-refractivity contribution in [2.45, 2.75) is 154 Å². The molecule has 0 aliphatic carbocycles. The highest BCUT2D eigenvalue weighted by atomic mass is 16.2. The Kier molecular flexibility index (Phi) is 27.6. The number of H-pyrrole nitrogens is 6. The van der Waals surface area contributed by atoms with Gasteiger partial charge in [-0.05, 0) is 213 Å². The van der Waals surface area contributed by atoms with E-state index in [9.17, 15) is 47.9 Å². The lowest BCUT2D eigenvalue weighted by Gasteiger charge is -2.36. The normalized spacial score (nSPS) is 18.1. The molecule has 29 nitrogen and oxygen atoms in total. The monoisotopic (exact) mass is 1730 g/mol. The van der Waals surface area contributed by atoms with Crippen molar-refractivity contribution < 1.29 is 24.0 Å². The van der Waals surface area contributed by atoms with Gasteiger partial charge in [-0.25, -0.2) is 4.98 Å². The van der Waals surface area contributed by atoms with Crippen LogP contribution in [-0.4, -0.2) is 226 Å². The Morgan fingerprint density at radius 1 is 0.422 bits per heavy atom. The van der Waals surface area contributed by atoms with Gasteiger partial charge >= 0.3 is 0 Å². The smallest absolute Gasteiger partial charge is 0.256 e. The first kappa shape index (κ1) is 87.7. The number of pyridine rings is 5. The van der Waals surface area contributed by atoms with Crippen LogP contribution in [0.1, 0.15) is 136 Å². The minimum atomic E-state index is -0.630. The van der Waals surface area contributed by atoms with E-state index in [0.717, 1.165) is 249 Å². The summed E-state index contributed by atoms with van der Waals surface area (Å²) in [7, 11) is 0. The number of likely N-dealkylation sites (tertiary alicyclic amines) is 2. The number of piperidine rings is 2. The van der Waals surface area contributed by atoms with Crippen molar-refractivity contribution in [1.29, 1.82) is 0 Å². The SMILES string of the molecule is NCC(=O)N1CCc2c([nH]c(=O)c3ccccc23)C1.N[C@H](Cc1cnc[nH]1)C(=O)N1CCc2c([nH]c(=O)c3ccccc23)C1.O=C(CCN1CCCNCC1)N1CCc2c([nH]c(=O)c3ccccc23)C1.O=C([C@H]1CCCCN1)N1CCc2c([nH]c(=O)c3ccccc23)C1.O=C(c1cccc(CN2CCc3c([nH]c(=O)c4ccccc34)C2)c1)N1CCC(N2CCCC2)CC1. The molecule has 9 aliphatic heterocycles. The van der Waals surface area contributed by atoms with Gasteiger partial charge in [0.05, 0.1) is 51.1 Å². The molecule has 2 atom stereocenters. The highest BCUT2D eigenvalue weighted by molar-refractivity contribution is 5.95. The molecule has 5 amide bonds. The van der Waals surface area contributed by atoms with Gasteiger partial charge in [-0.15, -0.1) is 0 Å². The average molecular weight is 1730 g/mol. The number of amides is 5. The molecule has 4 saturated heterocycles. The van der Waals surface area contributed by atoms with Crippen LogP contribution in [0.5, 0.6) is 0 Å². The van der Waals surface area contributed by atoms with Gasteiger partial charge in [0.2, 0.25) is 23.6 Å². The number of fused-ring (bicyclic) bond motifs is 15. The molecular formula is C99H115N19O10. The first-order valence-electron chi connectivity index (χ1n) is 45.7. The summed E-state index contributed by atoms with van der Waals surface area (Å²) in [5.41, 5.74) is 24.2. The first-order chi connectivity index (χ1) is 62.4. The van der Waals surface area contributed by atoms with E-state index in [1.165, 1.54) is 42.6 Å². The Labute approximate surface area is 741 Å². The van der Waals surface area contributed by atoms with Crippen LogP contribution in [0.3, 0.4) is 0 Å². The van der Waals surface area contributed by atoms with E-state index >= 15 is 0 Å². The zero-order chi connectivity index (χ0) is 88.3.